The van der Waals surface area contributed by atoms with Crippen molar-refractivity contribution in [3.8, 4) is 0 Å². The number of allylic oxidation sites excluding steroid dienone is 2. The van der Waals surface area contributed by atoms with E-state index in [0.29, 0.717) is 0 Å². The molecule has 1 fully saturated rings. The van der Waals surface area contributed by atoms with E-state index in [-0.39, 0.29) is 49.9 Å². The predicted molar refractivity (Wildman–Crippen MR) is 336 cm³/mol. The van der Waals surface area contributed by atoms with E-state index >= 15 is 9.59 Å². The lowest BCUT2D eigenvalue weighted by Crippen LogP contribution is -2.64. The lowest BCUT2D eigenvalue weighted by Gasteiger charge is -2.41. The molecule has 0 aliphatic carbocycles. The first-order valence-corrected chi connectivity index (χ1v) is 31.2. The van der Waals surface area contributed by atoms with Gasteiger partial charge in [-0.2, -0.15) is 0 Å². The quantitative estimate of drug-likeness (QED) is 0.108. The standard InChI is InChI=1S/C63H113N11O14/c1-25-27-28-39(13)51(76)50-55(80)66-42(26-2)57(82)72(22)47(33-75)60(85)71(21)46(32-63(16,17)88)54(79)67-48(37(9)10)61(86)68(18)43(29-34(3)4)53(78)64-40(14)52(77)65-41(15)56(81)69(19)44(30-35(5)6)58(83)70(20)45(31-36(7)8)59(84)73(23)49(38(11)12)62(87)74(50)24/h25,27,34-51,75-76,88H,26,28-33H2,1-24H3,(H,64,78)(H,65,77)(H,66,80)(H,67,79)/b27-25+/t39-,40+,41-,42+,43+,44+,45+,46+,47-,48+,49+,50?,51-/m1/s1. The van der Waals surface area contributed by atoms with E-state index in [0.717, 1.165) is 19.6 Å². The molecule has 0 spiro atoms. The molecule has 88 heavy (non-hydrogen) atoms. The summed E-state index contributed by atoms with van der Waals surface area (Å²) in [7, 11) is 9.40. The summed E-state index contributed by atoms with van der Waals surface area (Å²) in [5, 5.41) is 44.9. The van der Waals surface area contributed by atoms with Crippen LogP contribution in [-0.2, 0) is 52.7 Å². The van der Waals surface area contributed by atoms with Crippen LogP contribution in [0.1, 0.15) is 156 Å². The van der Waals surface area contributed by atoms with Crippen LogP contribution in [0, 0.1) is 35.5 Å². The van der Waals surface area contributed by atoms with Crippen molar-refractivity contribution in [3.05, 3.63) is 12.2 Å². The van der Waals surface area contributed by atoms with Crippen LogP contribution in [0.2, 0.25) is 0 Å². The Hall–Kier alpha value is -6.21. The van der Waals surface area contributed by atoms with Crippen LogP contribution in [0.4, 0.5) is 0 Å². The van der Waals surface area contributed by atoms with Crippen molar-refractivity contribution in [2.45, 2.75) is 234 Å². The van der Waals surface area contributed by atoms with Gasteiger partial charge in [0.15, 0.2) is 0 Å². The van der Waals surface area contributed by atoms with Gasteiger partial charge in [-0.1, -0.05) is 95.2 Å². The largest absolute Gasteiger partial charge is 0.394 e. The van der Waals surface area contributed by atoms with E-state index in [1.54, 1.807) is 60.6 Å². The van der Waals surface area contributed by atoms with Crippen molar-refractivity contribution < 1.29 is 68.1 Å². The Kier molecular flexibility index (Phi) is 32.0. The van der Waals surface area contributed by atoms with Crippen LogP contribution < -0.4 is 21.3 Å². The molecule has 0 saturated carbocycles. The van der Waals surface area contributed by atoms with Gasteiger partial charge in [0.2, 0.25) is 65.0 Å². The summed E-state index contributed by atoms with van der Waals surface area (Å²) >= 11 is 0. The summed E-state index contributed by atoms with van der Waals surface area (Å²) in [4.78, 5) is 169. The molecular weight excluding hydrogens is 1130 g/mol. The van der Waals surface area contributed by atoms with Crippen molar-refractivity contribution in [2.75, 3.05) is 55.9 Å². The number of carbonyl (C=O) groups excluding carboxylic acids is 11. The van der Waals surface area contributed by atoms with Crippen LogP contribution in [0.25, 0.3) is 0 Å². The molecule has 1 saturated heterocycles. The molecule has 504 valence electrons. The predicted octanol–water partition coefficient (Wildman–Crippen LogP) is 1.74. The molecule has 25 nitrogen and oxygen atoms in total. The highest BCUT2D eigenvalue weighted by Crippen LogP contribution is 2.26. The number of carbonyl (C=O) groups is 11. The summed E-state index contributed by atoms with van der Waals surface area (Å²) in [6.45, 7) is 27.4. The Morgan fingerprint density at radius 3 is 1.33 bits per heavy atom. The van der Waals surface area contributed by atoms with Gasteiger partial charge in [0, 0.05) is 55.8 Å². The van der Waals surface area contributed by atoms with Crippen molar-refractivity contribution in [1.82, 2.24) is 55.6 Å². The monoisotopic (exact) mass is 1250 g/mol. The second-order valence-corrected chi connectivity index (χ2v) is 26.9. The van der Waals surface area contributed by atoms with Crippen molar-refractivity contribution >= 4 is 65.0 Å². The molecule has 0 radical (unpaired) electrons. The third-order valence-electron chi connectivity index (χ3n) is 16.6. The van der Waals surface area contributed by atoms with Crippen molar-refractivity contribution in [1.29, 1.82) is 0 Å². The molecule has 0 aromatic heterocycles. The van der Waals surface area contributed by atoms with Gasteiger partial charge in [0.05, 0.1) is 18.3 Å². The van der Waals surface area contributed by atoms with E-state index in [1.165, 1.54) is 91.7 Å². The molecule has 1 heterocycles. The number of likely N-dealkylation sites (N-methyl/N-ethyl adjacent to an activating group) is 7. The maximum Gasteiger partial charge on any atom is 0.248 e. The molecule has 0 aromatic rings. The van der Waals surface area contributed by atoms with Gasteiger partial charge in [0.1, 0.15) is 66.5 Å². The highest BCUT2D eigenvalue weighted by Gasteiger charge is 2.46. The van der Waals surface area contributed by atoms with E-state index in [9.17, 15) is 58.5 Å². The highest BCUT2D eigenvalue weighted by atomic mass is 16.3. The number of amides is 11. The van der Waals surface area contributed by atoms with E-state index in [4.69, 9.17) is 0 Å². The Morgan fingerprint density at radius 1 is 0.477 bits per heavy atom. The Labute approximate surface area is 524 Å². The fourth-order valence-corrected chi connectivity index (χ4v) is 11.0. The second kappa shape index (κ2) is 35.3. The van der Waals surface area contributed by atoms with E-state index in [2.05, 4.69) is 21.3 Å². The summed E-state index contributed by atoms with van der Waals surface area (Å²) in [6.07, 6.45) is 2.07. The molecule has 1 aliphatic heterocycles. The maximum atomic E-state index is 15.2. The summed E-state index contributed by atoms with van der Waals surface area (Å²) < 4.78 is 0. The fraction of sp³-hybridized carbons (Fsp3) is 0.794. The number of hydrogen-bond donors (Lipinski definition) is 7. The molecule has 13 atom stereocenters. The molecule has 0 aromatic carbocycles. The topological polar surface area (TPSA) is 319 Å². The number of hydrogen-bond acceptors (Lipinski definition) is 14. The lowest BCUT2D eigenvalue weighted by atomic mass is 9.91. The van der Waals surface area contributed by atoms with Crippen LogP contribution in [0.5, 0.6) is 0 Å². The van der Waals surface area contributed by atoms with Gasteiger partial charge in [-0.15, -0.1) is 0 Å². The normalized spacial score (nSPS) is 27.4. The number of aliphatic hydroxyl groups is 3. The third-order valence-corrected chi connectivity index (χ3v) is 16.6. The van der Waals surface area contributed by atoms with Gasteiger partial charge in [-0.25, -0.2) is 0 Å². The van der Waals surface area contributed by atoms with Gasteiger partial charge in [-0.05, 0) is 102 Å². The zero-order valence-corrected chi connectivity index (χ0v) is 57.5. The Morgan fingerprint density at radius 2 is 0.886 bits per heavy atom. The van der Waals surface area contributed by atoms with Crippen LogP contribution in [0.3, 0.4) is 0 Å². The van der Waals surface area contributed by atoms with Crippen LogP contribution >= 0.6 is 0 Å². The summed E-state index contributed by atoms with van der Waals surface area (Å²) in [5.74, 6) is -11.1. The zero-order chi connectivity index (χ0) is 68.5. The molecule has 25 heteroatoms. The second-order valence-electron chi connectivity index (χ2n) is 26.9. The molecular formula is C63H113N11O14. The first-order valence-electron chi connectivity index (χ1n) is 31.2. The van der Waals surface area contributed by atoms with E-state index < -0.39 is 174 Å². The molecule has 11 amide bonds. The Balaban J connectivity index is 4.45. The van der Waals surface area contributed by atoms with Crippen LogP contribution in [-0.4, -0.2) is 249 Å². The van der Waals surface area contributed by atoms with Gasteiger partial charge < -0.3 is 70.9 Å². The average Bonchev–Trinajstić information content (AvgIpc) is 2.21. The molecule has 0 bridgehead atoms. The summed E-state index contributed by atoms with van der Waals surface area (Å²) in [6, 6.07) is -15.1. The number of nitrogens with one attached hydrogen (secondary N) is 4. The minimum Gasteiger partial charge on any atom is -0.394 e. The minimum absolute atomic E-state index is 0.0987. The molecule has 1 aliphatic rings. The van der Waals surface area contributed by atoms with Gasteiger partial charge in [0.25, 0.3) is 0 Å². The molecule has 1 rings (SSSR count). The number of rotatable bonds is 16. The number of aliphatic hydroxyl groups excluding tert-OH is 2. The van der Waals surface area contributed by atoms with Crippen molar-refractivity contribution in [3.63, 3.8) is 0 Å². The first-order chi connectivity index (χ1) is 40.5. The number of nitrogens with zero attached hydrogens (tertiary/aromatic N) is 7. The van der Waals surface area contributed by atoms with Gasteiger partial charge >= 0.3 is 0 Å². The molecule has 1 unspecified atom stereocenters. The average molecular weight is 1250 g/mol. The first kappa shape index (κ1) is 79.8. The SMILES string of the molecule is C/C=C/C[C@@H](C)[C@@H](O)C1C(=O)N[C@@H](CC)C(=O)N(C)[C@H](CO)C(=O)N(C)[C@@H](CC(C)(C)O)C(=O)N[C@@H](C(C)C)C(=O)N(C)[C@@H](CC(C)C)C(=O)N[C@@H](C)C(=O)N[C@H](C)C(=O)N(C)[C@@H](CC(C)C)C(=O)N(C)[C@@H](CC(C)C)C(=O)N(C)[C@@H](C(C)C)C(=O)N1C. The van der Waals surface area contributed by atoms with Gasteiger partial charge in [-0.3, -0.25) is 52.7 Å². The fourth-order valence-electron chi connectivity index (χ4n) is 11.0. The maximum absolute atomic E-state index is 15.2. The molecule has 7 N–H and O–H groups in total. The van der Waals surface area contributed by atoms with E-state index in [1.807, 2.05) is 41.5 Å². The summed E-state index contributed by atoms with van der Waals surface area (Å²) in [5.41, 5.74) is -1.62. The highest BCUT2D eigenvalue weighted by molar-refractivity contribution is 6.00. The van der Waals surface area contributed by atoms with Crippen molar-refractivity contribution in [2.24, 2.45) is 35.5 Å². The lowest BCUT2D eigenvalue weighted by molar-refractivity contribution is -0.157. The Bertz CT molecular complexity index is 2430. The minimum atomic E-state index is -1.70. The smallest absolute Gasteiger partial charge is 0.248 e. The third kappa shape index (κ3) is 21.8. The zero-order valence-electron chi connectivity index (χ0n) is 57.5. The van der Waals surface area contributed by atoms with Crippen LogP contribution in [0.15, 0.2) is 12.2 Å².